The van der Waals surface area contributed by atoms with Crippen molar-refractivity contribution in [1.82, 2.24) is 10.2 Å². The van der Waals surface area contributed by atoms with Gasteiger partial charge < -0.3 is 9.80 Å². The van der Waals surface area contributed by atoms with E-state index in [9.17, 15) is 26.7 Å². The second kappa shape index (κ2) is 8.50. The minimum atomic E-state index is -2.20. The highest BCUT2D eigenvalue weighted by Crippen LogP contribution is 2.30. The quantitative estimate of drug-likeness (QED) is 0.327. The smallest absolute Gasteiger partial charge is 0.257 e. The molecule has 0 bridgehead atoms. The number of halogens is 6. The first kappa shape index (κ1) is 21.3. The number of amides is 1. The SMILES string of the molecule is O=C(NC(=S)N1CCN(c2c(F)c(F)c(F)c(F)c2F)CC1)c1ccc(Cl)cc1. The third-order valence-corrected chi connectivity index (χ3v) is 5.01. The molecule has 0 spiro atoms. The van der Waals surface area contributed by atoms with Crippen LogP contribution in [0.2, 0.25) is 5.02 Å². The number of carbonyl (C=O) groups excluding carboxylic acids is 1. The van der Waals surface area contributed by atoms with Crippen molar-refractivity contribution in [2.45, 2.75) is 0 Å². The lowest BCUT2D eigenvalue weighted by Gasteiger charge is -2.37. The summed E-state index contributed by atoms with van der Waals surface area (Å²) in [5, 5.41) is 3.08. The summed E-state index contributed by atoms with van der Waals surface area (Å²) in [5.41, 5.74) is -0.644. The lowest BCUT2D eigenvalue weighted by molar-refractivity contribution is 0.0973. The lowest BCUT2D eigenvalue weighted by Crippen LogP contribution is -2.53. The molecule has 1 N–H and O–H groups in total. The van der Waals surface area contributed by atoms with Gasteiger partial charge in [0.15, 0.2) is 28.4 Å². The molecule has 1 aliphatic rings. The van der Waals surface area contributed by atoms with Gasteiger partial charge in [-0.25, -0.2) is 22.0 Å². The Morgan fingerprint density at radius 3 is 1.86 bits per heavy atom. The van der Waals surface area contributed by atoms with Crippen LogP contribution in [0.5, 0.6) is 0 Å². The summed E-state index contributed by atoms with van der Waals surface area (Å²) in [6.45, 7) is 0.100. The van der Waals surface area contributed by atoms with E-state index in [1.54, 1.807) is 17.0 Å². The molecule has 1 heterocycles. The van der Waals surface area contributed by atoms with Crippen molar-refractivity contribution in [3.63, 3.8) is 0 Å². The lowest BCUT2D eigenvalue weighted by atomic mass is 10.2. The summed E-state index contributed by atoms with van der Waals surface area (Å²) in [5.74, 6) is -10.4. The average molecular weight is 450 g/mol. The second-order valence-corrected chi connectivity index (χ2v) is 6.98. The first-order chi connectivity index (χ1) is 13.7. The van der Waals surface area contributed by atoms with Gasteiger partial charge in [0, 0.05) is 36.8 Å². The number of piperazine rings is 1. The van der Waals surface area contributed by atoms with Gasteiger partial charge in [-0.2, -0.15) is 0 Å². The minimum absolute atomic E-state index is 0.0602. The van der Waals surface area contributed by atoms with Crippen molar-refractivity contribution in [2.24, 2.45) is 0 Å². The number of carbonyl (C=O) groups is 1. The third kappa shape index (κ3) is 4.27. The Morgan fingerprint density at radius 2 is 1.34 bits per heavy atom. The summed E-state index contributed by atoms with van der Waals surface area (Å²) >= 11 is 10.9. The largest absolute Gasteiger partial charge is 0.363 e. The topological polar surface area (TPSA) is 35.6 Å². The molecular weight excluding hydrogens is 437 g/mol. The molecule has 154 valence electrons. The summed E-state index contributed by atoms with van der Waals surface area (Å²) < 4.78 is 68.0. The highest BCUT2D eigenvalue weighted by Gasteiger charge is 2.31. The zero-order chi connectivity index (χ0) is 21.3. The minimum Gasteiger partial charge on any atom is -0.363 e. The Bertz CT molecular complexity index is 936. The van der Waals surface area contributed by atoms with E-state index in [1.807, 2.05) is 0 Å². The van der Waals surface area contributed by atoms with Gasteiger partial charge in [0.25, 0.3) is 5.91 Å². The normalized spacial score (nSPS) is 14.1. The monoisotopic (exact) mass is 449 g/mol. The molecule has 3 rings (SSSR count). The maximum absolute atomic E-state index is 14.0. The van der Waals surface area contributed by atoms with Crippen LogP contribution in [0.25, 0.3) is 0 Å². The van der Waals surface area contributed by atoms with E-state index in [4.69, 9.17) is 23.8 Å². The fraction of sp³-hybridized carbons (Fsp3) is 0.222. The Labute approximate surface area is 172 Å². The fourth-order valence-electron chi connectivity index (χ4n) is 2.85. The van der Waals surface area contributed by atoms with Crippen LogP contribution in [0.3, 0.4) is 0 Å². The summed E-state index contributed by atoms with van der Waals surface area (Å²) in [7, 11) is 0. The molecule has 29 heavy (non-hydrogen) atoms. The molecule has 0 aromatic heterocycles. The van der Waals surface area contributed by atoms with Crippen LogP contribution in [0, 0.1) is 29.1 Å². The number of anilines is 1. The average Bonchev–Trinajstić information content (AvgIpc) is 2.72. The number of nitrogens with zero attached hydrogens (tertiary/aromatic N) is 2. The van der Waals surface area contributed by atoms with Crippen molar-refractivity contribution in [3.05, 3.63) is 63.9 Å². The van der Waals surface area contributed by atoms with Crippen LogP contribution < -0.4 is 10.2 Å². The van der Waals surface area contributed by atoms with Crippen LogP contribution >= 0.6 is 23.8 Å². The standard InChI is InChI=1S/C18H13ClF5N3OS/c19-10-3-1-9(2-4-10)17(28)25-18(29)27-7-5-26(6-8-27)16-14(23)12(21)11(20)13(22)15(16)24/h1-4H,5-8H2,(H,25,28,29). The van der Waals surface area contributed by atoms with E-state index < -0.39 is 40.7 Å². The molecule has 0 radical (unpaired) electrons. The van der Waals surface area contributed by atoms with Gasteiger partial charge in [-0.1, -0.05) is 11.6 Å². The Morgan fingerprint density at radius 1 is 0.862 bits per heavy atom. The van der Waals surface area contributed by atoms with Gasteiger partial charge in [0.2, 0.25) is 5.82 Å². The van der Waals surface area contributed by atoms with E-state index in [-0.39, 0.29) is 31.3 Å². The predicted octanol–water partition coefficient (Wildman–Crippen LogP) is 3.87. The highest BCUT2D eigenvalue weighted by molar-refractivity contribution is 7.80. The van der Waals surface area contributed by atoms with Gasteiger partial charge >= 0.3 is 0 Å². The molecule has 1 saturated heterocycles. The Balaban J connectivity index is 1.66. The highest BCUT2D eigenvalue weighted by atomic mass is 35.5. The number of benzene rings is 2. The van der Waals surface area contributed by atoms with E-state index in [0.29, 0.717) is 10.6 Å². The van der Waals surface area contributed by atoms with Gasteiger partial charge in [-0.05, 0) is 36.5 Å². The molecule has 1 fully saturated rings. The maximum Gasteiger partial charge on any atom is 0.257 e. The molecule has 11 heteroatoms. The van der Waals surface area contributed by atoms with E-state index in [2.05, 4.69) is 5.32 Å². The molecule has 0 atom stereocenters. The molecule has 2 aromatic rings. The second-order valence-electron chi connectivity index (χ2n) is 6.16. The maximum atomic E-state index is 14.0. The molecule has 2 aromatic carbocycles. The van der Waals surface area contributed by atoms with Gasteiger partial charge in [-0.3, -0.25) is 10.1 Å². The summed E-state index contributed by atoms with van der Waals surface area (Å²) in [6.07, 6.45) is 0. The van der Waals surface area contributed by atoms with E-state index in [0.717, 1.165) is 4.90 Å². The first-order valence-corrected chi connectivity index (χ1v) is 9.11. The third-order valence-electron chi connectivity index (χ3n) is 4.40. The zero-order valence-corrected chi connectivity index (χ0v) is 16.2. The van der Waals surface area contributed by atoms with Crippen molar-refractivity contribution in [3.8, 4) is 0 Å². The molecule has 0 aliphatic carbocycles. The summed E-state index contributed by atoms with van der Waals surface area (Å²) in [4.78, 5) is 14.8. The molecule has 1 amide bonds. The van der Waals surface area contributed by atoms with Gasteiger partial charge in [-0.15, -0.1) is 0 Å². The van der Waals surface area contributed by atoms with Crippen molar-refractivity contribution >= 4 is 40.5 Å². The Hall–Kier alpha value is -2.46. The van der Waals surface area contributed by atoms with Crippen molar-refractivity contribution < 1.29 is 26.7 Å². The van der Waals surface area contributed by atoms with Gasteiger partial charge in [0.1, 0.15) is 5.69 Å². The van der Waals surface area contributed by atoms with Crippen LogP contribution in [0.1, 0.15) is 10.4 Å². The summed E-state index contributed by atoms with van der Waals surface area (Å²) in [6, 6.07) is 6.12. The van der Waals surface area contributed by atoms with Crippen molar-refractivity contribution in [2.75, 3.05) is 31.1 Å². The Kier molecular flexibility index (Phi) is 6.23. The van der Waals surface area contributed by atoms with Gasteiger partial charge in [0.05, 0.1) is 0 Å². The molecule has 4 nitrogen and oxygen atoms in total. The van der Waals surface area contributed by atoms with Crippen LogP contribution in [0.4, 0.5) is 27.6 Å². The molecular formula is C18H13ClF5N3OS. The first-order valence-electron chi connectivity index (χ1n) is 8.33. The number of hydrogen-bond acceptors (Lipinski definition) is 3. The van der Waals surface area contributed by atoms with Crippen LogP contribution in [-0.2, 0) is 0 Å². The van der Waals surface area contributed by atoms with Crippen LogP contribution in [0.15, 0.2) is 24.3 Å². The number of nitrogens with one attached hydrogen (secondary N) is 1. The number of thiocarbonyl (C=S) groups is 1. The van der Waals surface area contributed by atoms with Crippen LogP contribution in [-0.4, -0.2) is 42.1 Å². The van der Waals surface area contributed by atoms with Crippen molar-refractivity contribution in [1.29, 1.82) is 0 Å². The molecule has 0 unspecified atom stereocenters. The fourth-order valence-corrected chi connectivity index (χ4v) is 3.25. The molecule has 1 aliphatic heterocycles. The number of rotatable bonds is 2. The van der Waals surface area contributed by atoms with E-state index >= 15 is 0 Å². The number of hydrogen-bond donors (Lipinski definition) is 1. The zero-order valence-electron chi connectivity index (χ0n) is 14.6. The predicted molar refractivity (Wildman–Crippen MR) is 102 cm³/mol. The molecule has 0 saturated carbocycles. The van der Waals surface area contributed by atoms with E-state index in [1.165, 1.54) is 12.1 Å².